The number of hydrogen-bond donors (Lipinski definition) is 1. The number of benzene rings is 1. The number of nitro benzene ring substituents is 1. The smallest absolute Gasteiger partial charge is 0.271 e. The minimum atomic E-state index is -0.479. The van der Waals surface area contributed by atoms with Gasteiger partial charge in [-0.2, -0.15) is 0 Å². The molecule has 0 aliphatic carbocycles. The van der Waals surface area contributed by atoms with Crippen molar-refractivity contribution in [2.45, 2.75) is 12.5 Å². The summed E-state index contributed by atoms with van der Waals surface area (Å²) in [4.78, 5) is 10.0. The van der Waals surface area contributed by atoms with Crippen LogP contribution in [-0.2, 0) is 0 Å². The van der Waals surface area contributed by atoms with E-state index in [1.165, 1.54) is 12.1 Å². The SMILES string of the molecule is Cl.O=[N+]([O-])c1ccc(O[C@H]2CCNC2)c(Cl)c1. The fraction of sp³-hybridized carbons (Fsp3) is 0.400. The van der Waals surface area contributed by atoms with Crippen molar-refractivity contribution in [2.75, 3.05) is 13.1 Å². The maximum absolute atomic E-state index is 10.5. The minimum Gasteiger partial charge on any atom is -0.487 e. The Bertz CT molecular complexity index is 409. The third-order valence-electron chi connectivity index (χ3n) is 2.44. The van der Waals surface area contributed by atoms with Crippen LogP contribution in [0.3, 0.4) is 0 Å². The van der Waals surface area contributed by atoms with Crippen molar-refractivity contribution in [3.63, 3.8) is 0 Å². The standard InChI is InChI=1S/C10H11ClN2O3.ClH/c11-9-5-7(13(14)15)1-2-10(9)16-8-3-4-12-6-8;/h1-2,5,8,12H,3-4,6H2;1H/t8-;/m0./s1. The first-order valence-electron chi connectivity index (χ1n) is 4.98. The molecule has 94 valence electrons. The molecule has 17 heavy (non-hydrogen) atoms. The summed E-state index contributed by atoms with van der Waals surface area (Å²) in [5.41, 5.74) is -0.0260. The Hall–Kier alpha value is -1.04. The van der Waals surface area contributed by atoms with E-state index in [1.807, 2.05) is 0 Å². The zero-order chi connectivity index (χ0) is 11.5. The number of nitro groups is 1. The van der Waals surface area contributed by atoms with Gasteiger partial charge < -0.3 is 10.1 Å². The molecular weight excluding hydrogens is 267 g/mol. The van der Waals surface area contributed by atoms with Crippen LogP contribution in [0.2, 0.25) is 5.02 Å². The zero-order valence-electron chi connectivity index (χ0n) is 8.89. The first-order chi connectivity index (χ1) is 7.66. The summed E-state index contributed by atoms with van der Waals surface area (Å²) in [6.45, 7) is 1.71. The minimum absolute atomic E-state index is 0. The van der Waals surface area contributed by atoms with E-state index in [0.717, 1.165) is 19.5 Å². The average Bonchev–Trinajstić information content (AvgIpc) is 2.73. The van der Waals surface area contributed by atoms with Gasteiger partial charge in [-0.15, -0.1) is 12.4 Å². The van der Waals surface area contributed by atoms with Gasteiger partial charge in [0.25, 0.3) is 5.69 Å². The van der Waals surface area contributed by atoms with Gasteiger partial charge in [0, 0.05) is 18.7 Å². The van der Waals surface area contributed by atoms with E-state index in [-0.39, 0.29) is 29.2 Å². The van der Waals surface area contributed by atoms with Gasteiger partial charge in [0.2, 0.25) is 0 Å². The summed E-state index contributed by atoms with van der Waals surface area (Å²) >= 11 is 5.90. The molecule has 0 saturated carbocycles. The summed E-state index contributed by atoms with van der Waals surface area (Å²) in [6.07, 6.45) is 1.02. The maximum atomic E-state index is 10.5. The van der Waals surface area contributed by atoms with Crippen LogP contribution in [0.5, 0.6) is 5.75 Å². The molecule has 1 heterocycles. The van der Waals surface area contributed by atoms with Crippen LogP contribution < -0.4 is 10.1 Å². The normalized spacial score (nSPS) is 18.5. The molecule has 0 amide bonds. The summed E-state index contributed by atoms with van der Waals surface area (Å²) in [7, 11) is 0. The lowest BCUT2D eigenvalue weighted by molar-refractivity contribution is -0.384. The molecule has 1 aliphatic rings. The van der Waals surface area contributed by atoms with Crippen molar-refractivity contribution in [2.24, 2.45) is 0 Å². The van der Waals surface area contributed by atoms with Crippen molar-refractivity contribution >= 4 is 29.7 Å². The van der Waals surface area contributed by atoms with Crippen molar-refractivity contribution in [3.8, 4) is 5.75 Å². The van der Waals surface area contributed by atoms with Crippen LogP contribution in [0.1, 0.15) is 6.42 Å². The molecule has 0 unspecified atom stereocenters. The molecule has 1 aromatic carbocycles. The van der Waals surface area contributed by atoms with Gasteiger partial charge in [0.05, 0.1) is 9.95 Å². The van der Waals surface area contributed by atoms with E-state index in [1.54, 1.807) is 6.07 Å². The maximum Gasteiger partial charge on any atom is 0.271 e. The number of non-ortho nitro benzene ring substituents is 1. The van der Waals surface area contributed by atoms with Gasteiger partial charge in [-0.25, -0.2) is 0 Å². The van der Waals surface area contributed by atoms with E-state index >= 15 is 0 Å². The Labute approximate surface area is 110 Å². The van der Waals surface area contributed by atoms with E-state index in [4.69, 9.17) is 16.3 Å². The summed E-state index contributed by atoms with van der Waals surface area (Å²) in [6, 6.07) is 4.24. The quantitative estimate of drug-likeness (QED) is 0.681. The molecule has 1 aromatic rings. The molecule has 1 atom stereocenters. The highest BCUT2D eigenvalue weighted by atomic mass is 35.5. The average molecular weight is 279 g/mol. The van der Waals surface area contributed by atoms with Crippen LogP contribution >= 0.6 is 24.0 Å². The lowest BCUT2D eigenvalue weighted by Gasteiger charge is -2.13. The predicted octanol–water partition coefficient (Wildman–Crippen LogP) is 2.41. The lowest BCUT2D eigenvalue weighted by Crippen LogP contribution is -2.19. The molecule has 1 saturated heterocycles. The van der Waals surface area contributed by atoms with Crippen molar-refractivity contribution < 1.29 is 9.66 Å². The summed E-state index contributed by atoms with van der Waals surface area (Å²) < 4.78 is 5.62. The van der Waals surface area contributed by atoms with Crippen LogP contribution in [0.15, 0.2) is 18.2 Å². The van der Waals surface area contributed by atoms with Gasteiger partial charge >= 0.3 is 0 Å². The molecular formula is C10H12Cl2N2O3. The second-order valence-electron chi connectivity index (χ2n) is 3.60. The second kappa shape index (κ2) is 6.05. The van der Waals surface area contributed by atoms with E-state index in [0.29, 0.717) is 5.75 Å². The largest absolute Gasteiger partial charge is 0.487 e. The molecule has 0 aromatic heterocycles. The number of rotatable bonds is 3. The second-order valence-corrected chi connectivity index (χ2v) is 4.01. The monoisotopic (exact) mass is 278 g/mol. The Balaban J connectivity index is 0.00000144. The first kappa shape index (κ1) is 14.0. The highest BCUT2D eigenvalue weighted by Crippen LogP contribution is 2.29. The zero-order valence-corrected chi connectivity index (χ0v) is 10.5. The first-order valence-corrected chi connectivity index (χ1v) is 5.36. The van der Waals surface area contributed by atoms with Crippen molar-refractivity contribution in [3.05, 3.63) is 33.3 Å². The fourth-order valence-corrected chi connectivity index (χ4v) is 1.83. The topological polar surface area (TPSA) is 64.4 Å². The van der Waals surface area contributed by atoms with E-state index < -0.39 is 4.92 Å². The Morgan fingerprint density at radius 2 is 2.29 bits per heavy atom. The van der Waals surface area contributed by atoms with Crippen LogP contribution in [0.4, 0.5) is 5.69 Å². The van der Waals surface area contributed by atoms with Crippen LogP contribution in [0.25, 0.3) is 0 Å². The number of nitrogens with one attached hydrogen (secondary N) is 1. The van der Waals surface area contributed by atoms with Crippen LogP contribution in [-0.4, -0.2) is 24.1 Å². The van der Waals surface area contributed by atoms with Gasteiger partial charge in [0.1, 0.15) is 11.9 Å². The van der Waals surface area contributed by atoms with Crippen molar-refractivity contribution in [1.82, 2.24) is 5.32 Å². The van der Waals surface area contributed by atoms with Gasteiger partial charge in [-0.1, -0.05) is 11.6 Å². The molecule has 0 spiro atoms. The Morgan fingerprint density at radius 3 is 2.82 bits per heavy atom. The molecule has 2 rings (SSSR count). The summed E-state index contributed by atoms with van der Waals surface area (Å²) in [5.74, 6) is 0.501. The molecule has 0 radical (unpaired) electrons. The van der Waals surface area contributed by atoms with Crippen molar-refractivity contribution in [1.29, 1.82) is 0 Å². The fourth-order valence-electron chi connectivity index (χ4n) is 1.61. The predicted molar refractivity (Wildman–Crippen MR) is 67.3 cm³/mol. The molecule has 7 heteroatoms. The van der Waals surface area contributed by atoms with Gasteiger partial charge in [-0.05, 0) is 19.0 Å². The number of hydrogen-bond acceptors (Lipinski definition) is 4. The molecule has 1 aliphatic heterocycles. The van der Waals surface area contributed by atoms with E-state index in [2.05, 4.69) is 5.32 Å². The van der Waals surface area contributed by atoms with E-state index in [9.17, 15) is 10.1 Å². The highest BCUT2D eigenvalue weighted by Gasteiger charge is 2.18. The number of ether oxygens (including phenoxy) is 1. The summed E-state index contributed by atoms with van der Waals surface area (Å²) in [5, 5.41) is 13.9. The highest BCUT2D eigenvalue weighted by molar-refractivity contribution is 6.32. The Kier molecular flexibility index (Phi) is 4.99. The van der Waals surface area contributed by atoms with Crippen LogP contribution in [0, 0.1) is 10.1 Å². The molecule has 1 fully saturated rings. The van der Waals surface area contributed by atoms with Gasteiger partial charge in [-0.3, -0.25) is 10.1 Å². The molecule has 0 bridgehead atoms. The lowest BCUT2D eigenvalue weighted by atomic mass is 10.3. The third-order valence-corrected chi connectivity index (χ3v) is 2.73. The van der Waals surface area contributed by atoms with Gasteiger partial charge in [0.15, 0.2) is 0 Å². The number of halogens is 2. The number of nitrogens with zero attached hydrogens (tertiary/aromatic N) is 1. The molecule has 1 N–H and O–H groups in total. The Morgan fingerprint density at radius 1 is 1.53 bits per heavy atom. The molecule has 5 nitrogen and oxygen atoms in total. The third kappa shape index (κ3) is 3.46.